The maximum absolute atomic E-state index is 13.2. The Balaban J connectivity index is 1.71. The van der Waals surface area contributed by atoms with Gasteiger partial charge in [-0.15, -0.1) is 0 Å². The molecule has 1 saturated heterocycles. The zero-order valence-corrected chi connectivity index (χ0v) is 15.8. The van der Waals surface area contributed by atoms with Crippen LogP contribution in [0.5, 0.6) is 0 Å². The van der Waals surface area contributed by atoms with Crippen LogP contribution in [0.25, 0.3) is 0 Å². The third-order valence-electron chi connectivity index (χ3n) is 5.08. The molecule has 1 aliphatic rings. The summed E-state index contributed by atoms with van der Waals surface area (Å²) in [5, 5.41) is 5.41. The number of aryl methyl sites for hydroxylation is 1. The first kappa shape index (κ1) is 19.5. The van der Waals surface area contributed by atoms with Gasteiger partial charge in [-0.05, 0) is 42.2 Å². The minimum Gasteiger partial charge on any atom is -0.350 e. The zero-order chi connectivity index (χ0) is 20.3. The summed E-state index contributed by atoms with van der Waals surface area (Å²) in [6, 6.07) is 12.4. The molecule has 146 valence electrons. The number of halogens is 1. The van der Waals surface area contributed by atoms with Crippen molar-refractivity contribution in [1.29, 1.82) is 0 Å². The van der Waals surface area contributed by atoms with E-state index in [-0.39, 0.29) is 13.0 Å². The van der Waals surface area contributed by atoms with Crippen molar-refractivity contribution in [2.75, 3.05) is 6.54 Å². The molecule has 2 aromatic carbocycles. The normalized spacial score (nSPS) is 18.9. The summed E-state index contributed by atoms with van der Waals surface area (Å²) in [6.07, 6.45) is 0.282. The lowest BCUT2D eigenvalue weighted by Crippen LogP contribution is -2.44. The number of nitrogens with zero attached hydrogens (tertiary/aromatic N) is 1. The molecule has 0 aromatic heterocycles. The molecule has 0 unspecified atom stereocenters. The van der Waals surface area contributed by atoms with Gasteiger partial charge in [0, 0.05) is 6.54 Å². The molecule has 1 heterocycles. The lowest BCUT2D eigenvalue weighted by molar-refractivity contribution is -0.135. The molecule has 28 heavy (non-hydrogen) atoms. The molecule has 2 N–H and O–H groups in total. The van der Waals surface area contributed by atoms with E-state index >= 15 is 0 Å². The van der Waals surface area contributed by atoms with Gasteiger partial charge in [-0.25, -0.2) is 9.18 Å². The van der Waals surface area contributed by atoms with E-state index < -0.39 is 29.2 Å². The lowest BCUT2D eigenvalue weighted by Gasteiger charge is -2.25. The summed E-state index contributed by atoms with van der Waals surface area (Å²) in [6.45, 7) is 3.63. The van der Waals surface area contributed by atoms with Crippen molar-refractivity contribution < 1.29 is 18.8 Å². The van der Waals surface area contributed by atoms with Crippen LogP contribution in [-0.2, 0) is 21.7 Å². The molecule has 0 bridgehead atoms. The highest BCUT2D eigenvalue weighted by molar-refractivity contribution is 6.09. The van der Waals surface area contributed by atoms with Gasteiger partial charge in [0.1, 0.15) is 17.9 Å². The van der Waals surface area contributed by atoms with E-state index in [1.807, 2.05) is 31.2 Å². The van der Waals surface area contributed by atoms with Gasteiger partial charge < -0.3 is 10.6 Å². The number of hydrogen-bond donors (Lipinski definition) is 2. The largest absolute Gasteiger partial charge is 0.350 e. The predicted molar refractivity (Wildman–Crippen MR) is 102 cm³/mol. The monoisotopic (exact) mass is 383 g/mol. The van der Waals surface area contributed by atoms with Gasteiger partial charge >= 0.3 is 6.03 Å². The third kappa shape index (κ3) is 3.60. The highest BCUT2D eigenvalue weighted by Crippen LogP contribution is 2.32. The zero-order valence-electron chi connectivity index (χ0n) is 15.8. The van der Waals surface area contributed by atoms with Crippen molar-refractivity contribution in [3.63, 3.8) is 0 Å². The first-order valence-corrected chi connectivity index (χ1v) is 9.08. The molecule has 0 spiro atoms. The number of hydrogen-bond acceptors (Lipinski definition) is 3. The number of rotatable bonds is 6. The Kier molecular flexibility index (Phi) is 5.44. The minimum atomic E-state index is -1.29. The second kappa shape index (κ2) is 7.80. The van der Waals surface area contributed by atoms with E-state index in [1.165, 1.54) is 24.3 Å². The van der Waals surface area contributed by atoms with Crippen LogP contribution in [-0.4, -0.2) is 29.3 Å². The number of nitrogens with one attached hydrogen (secondary N) is 2. The standard InChI is InChI=1S/C21H22FN3O3/c1-3-21(16-8-10-17(22)11-9-16)19(27)25(20(28)24-21)13-18(26)23-12-15-7-5-4-6-14(15)2/h4-11H,3,12-13H2,1-2H3,(H,23,26)(H,24,28)/t21-/m1/s1. The van der Waals surface area contributed by atoms with E-state index in [0.717, 1.165) is 16.0 Å². The number of benzene rings is 2. The fourth-order valence-corrected chi connectivity index (χ4v) is 3.35. The van der Waals surface area contributed by atoms with Crippen molar-refractivity contribution in [2.45, 2.75) is 32.4 Å². The maximum Gasteiger partial charge on any atom is 0.325 e. The Labute approximate surface area is 162 Å². The molecule has 0 radical (unpaired) electrons. The Bertz CT molecular complexity index is 913. The fourth-order valence-electron chi connectivity index (χ4n) is 3.35. The van der Waals surface area contributed by atoms with Crippen LogP contribution < -0.4 is 10.6 Å². The van der Waals surface area contributed by atoms with E-state index in [0.29, 0.717) is 12.1 Å². The summed E-state index contributed by atoms with van der Waals surface area (Å²) in [5.74, 6) is -1.38. The van der Waals surface area contributed by atoms with Crippen LogP contribution >= 0.6 is 0 Å². The van der Waals surface area contributed by atoms with Gasteiger partial charge in [0.15, 0.2) is 0 Å². The number of carbonyl (C=O) groups is 3. The van der Waals surface area contributed by atoms with E-state index in [1.54, 1.807) is 6.92 Å². The van der Waals surface area contributed by atoms with E-state index in [2.05, 4.69) is 10.6 Å². The van der Waals surface area contributed by atoms with Crippen LogP contribution in [0.3, 0.4) is 0 Å². The summed E-state index contributed by atoms with van der Waals surface area (Å²) in [7, 11) is 0. The topological polar surface area (TPSA) is 78.5 Å². The molecular formula is C21H22FN3O3. The van der Waals surface area contributed by atoms with Crippen LogP contribution in [0.4, 0.5) is 9.18 Å². The lowest BCUT2D eigenvalue weighted by atomic mass is 9.87. The molecule has 1 fully saturated rings. The molecule has 4 amide bonds. The minimum absolute atomic E-state index is 0.282. The first-order chi connectivity index (χ1) is 13.4. The van der Waals surface area contributed by atoms with Crippen molar-refractivity contribution in [2.24, 2.45) is 0 Å². The fraction of sp³-hybridized carbons (Fsp3) is 0.286. The average molecular weight is 383 g/mol. The summed E-state index contributed by atoms with van der Waals surface area (Å²) >= 11 is 0. The van der Waals surface area contributed by atoms with Crippen LogP contribution in [0.2, 0.25) is 0 Å². The number of urea groups is 1. The van der Waals surface area contributed by atoms with Gasteiger partial charge in [0.25, 0.3) is 5.91 Å². The third-order valence-corrected chi connectivity index (χ3v) is 5.08. The number of carbonyl (C=O) groups excluding carboxylic acids is 3. The Morgan fingerprint density at radius 2 is 1.82 bits per heavy atom. The molecule has 0 aliphatic carbocycles. The second-order valence-corrected chi connectivity index (χ2v) is 6.79. The SMILES string of the molecule is CC[C@]1(c2ccc(F)cc2)NC(=O)N(CC(=O)NCc2ccccc2C)C1=O. The molecule has 0 saturated carbocycles. The number of amides is 4. The molecule has 2 aromatic rings. The number of imide groups is 1. The smallest absolute Gasteiger partial charge is 0.325 e. The average Bonchev–Trinajstić information content (AvgIpc) is 2.93. The Morgan fingerprint density at radius 3 is 2.46 bits per heavy atom. The van der Waals surface area contributed by atoms with Crippen LogP contribution in [0, 0.1) is 12.7 Å². The van der Waals surface area contributed by atoms with E-state index in [4.69, 9.17) is 0 Å². The molecule has 6 nitrogen and oxygen atoms in total. The highest BCUT2D eigenvalue weighted by Gasteiger charge is 2.51. The van der Waals surface area contributed by atoms with Crippen molar-refractivity contribution >= 4 is 17.8 Å². The summed E-state index contributed by atoms with van der Waals surface area (Å²) < 4.78 is 13.2. The van der Waals surface area contributed by atoms with Crippen molar-refractivity contribution in [3.8, 4) is 0 Å². The molecule has 1 aliphatic heterocycles. The molecule has 3 rings (SSSR count). The van der Waals surface area contributed by atoms with Gasteiger partial charge in [-0.2, -0.15) is 0 Å². The second-order valence-electron chi connectivity index (χ2n) is 6.79. The van der Waals surface area contributed by atoms with Crippen LogP contribution in [0.15, 0.2) is 48.5 Å². The predicted octanol–water partition coefficient (Wildman–Crippen LogP) is 2.61. The first-order valence-electron chi connectivity index (χ1n) is 9.08. The van der Waals surface area contributed by atoms with E-state index in [9.17, 15) is 18.8 Å². The molecular weight excluding hydrogens is 361 g/mol. The van der Waals surface area contributed by atoms with Crippen LogP contribution in [0.1, 0.15) is 30.0 Å². The van der Waals surface area contributed by atoms with Gasteiger partial charge in [0.2, 0.25) is 5.91 Å². The summed E-state index contributed by atoms with van der Waals surface area (Å²) in [5.41, 5.74) is 1.19. The highest BCUT2D eigenvalue weighted by atomic mass is 19.1. The molecule has 7 heteroatoms. The Morgan fingerprint density at radius 1 is 1.14 bits per heavy atom. The van der Waals surface area contributed by atoms with Crippen molar-refractivity contribution in [1.82, 2.24) is 15.5 Å². The maximum atomic E-state index is 13.2. The van der Waals surface area contributed by atoms with Gasteiger partial charge in [0.05, 0.1) is 0 Å². The Hall–Kier alpha value is -3.22. The van der Waals surface area contributed by atoms with Gasteiger partial charge in [-0.3, -0.25) is 14.5 Å². The van der Waals surface area contributed by atoms with Gasteiger partial charge in [-0.1, -0.05) is 43.3 Å². The quantitative estimate of drug-likeness (QED) is 0.753. The molecule has 1 atom stereocenters. The van der Waals surface area contributed by atoms with Crippen molar-refractivity contribution in [3.05, 3.63) is 71.0 Å². The summed E-state index contributed by atoms with van der Waals surface area (Å²) in [4.78, 5) is 38.6.